The van der Waals surface area contributed by atoms with Crippen molar-refractivity contribution >= 4 is 17.2 Å². The Kier molecular flexibility index (Phi) is 4.41. The van der Waals surface area contributed by atoms with Crippen LogP contribution in [0, 0.1) is 0 Å². The highest BCUT2D eigenvalue weighted by atomic mass is 32.1. The van der Waals surface area contributed by atoms with E-state index in [4.69, 9.17) is 0 Å². The van der Waals surface area contributed by atoms with Crippen molar-refractivity contribution in [3.63, 3.8) is 0 Å². The third-order valence-electron chi connectivity index (χ3n) is 5.31. The second-order valence-corrected chi connectivity index (χ2v) is 7.66. The van der Waals surface area contributed by atoms with Crippen LogP contribution in [0.4, 0.5) is 0 Å². The van der Waals surface area contributed by atoms with Crippen LogP contribution < -0.4 is 0 Å². The Bertz CT molecular complexity index is 696. The summed E-state index contributed by atoms with van der Waals surface area (Å²) < 4.78 is 1.85. The van der Waals surface area contributed by atoms with E-state index in [-0.39, 0.29) is 11.9 Å². The monoisotopic (exact) mass is 344 g/mol. The van der Waals surface area contributed by atoms with E-state index in [2.05, 4.69) is 37.9 Å². The average molecular weight is 344 g/mol. The zero-order valence-electron chi connectivity index (χ0n) is 14.1. The summed E-state index contributed by atoms with van der Waals surface area (Å²) >= 11 is 1.72. The summed E-state index contributed by atoms with van der Waals surface area (Å²) in [6.07, 6.45) is 8.50. The molecule has 2 aromatic rings. The number of thiophene rings is 1. The lowest BCUT2D eigenvalue weighted by molar-refractivity contribution is -0.133. The number of amides is 1. The molecule has 128 valence electrons. The van der Waals surface area contributed by atoms with Gasteiger partial charge in [0.1, 0.15) is 0 Å². The molecule has 2 fully saturated rings. The van der Waals surface area contributed by atoms with Gasteiger partial charge in [0.2, 0.25) is 5.91 Å². The van der Waals surface area contributed by atoms with Gasteiger partial charge in [-0.05, 0) is 54.6 Å². The molecule has 4 heterocycles. The van der Waals surface area contributed by atoms with Crippen LogP contribution in [0.5, 0.6) is 0 Å². The van der Waals surface area contributed by atoms with E-state index in [1.165, 1.54) is 11.1 Å². The third-order valence-corrected chi connectivity index (χ3v) is 6.01. The number of aryl methyl sites for hydroxylation is 1. The average Bonchev–Trinajstić information content (AvgIpc) is 3.34. The highest BCUT2D eigenvalue weighted by Crippen LogP contribution is 2.35. The summed E-state index contributed by atoms with van der Waals surface area (Å²) in [5, 5.41) is 8.59. The Labute approximate surface area is 146 Å². The van der Waals surface area contributed by atoms with Crippen molar-refractivity contribution in [3.05, 3.63) is 40.3 Å². The third kappa shape index (κ3) is 3.00. The van der Waals surface area contributed by atoms with Gasteiger partial charge in [0, 0.05) is 31.4 Å². The normalized spacial score (nSPS) is 24.8. The van der Waals surface area contributed by atoms with E-state index in [0.29, 0.717) is 12.6 Å². The number of carbonyl (C=O) groups is 1. The molecule has 5 nitrogen and oxygen atoms in total. The molecule has 0 N–H and O–H groups in total. The van der Waals surface area contributed by atoms with E-state index >= 15 is 0 Å². The Hall–Kier alpha value is -1.66. The summed E-state index contributed by atoms with van der Waals surface area (Å²) in [6.45, 7) is 2.42. The number of nitrogens with zero attached hydrogens (tertiary/aromatic N) is 4. The van der Waals surface area contributed by atoms with Gasteiger partial charge in [0.15, 0.2) is 0 Å². The summed E-state index contributed by atoms with van der Waals surface area (Å²) in [5.41, 5.74) is 2.54. The fraction of sp³-hybridized carbons (Fsp3) is 0.556. The molecular formula is C18H24N4OS. The van der Waals surface area contributed by atoms with Gasteiger partial charge in [-0.15, -0.1) is 0 Å². The van der Waals surface area contributed by atoms with Crippen LogP contribution in [-0.2, 0) is 11.8 Å². The molecule has 0 bridgehead atoms. The van der Waals surface area contributed by atoms with E-state index in [1.807, 2.05) is 17.9 Å². The Morgan fingerprint density at radius 2 is 2.08 bits per heavy atom. The Morgan fingerprint density at radius 1 is 1.25 bits per heavy atom. The first-order valence-corrected chi connectivity index (χ1v) is 9.71. The van der Waals surface area contributed by atoms with Gasteiger partial charge >= 0.3 is 0 Å². The predicted molar refractivity (Wildman–Crippen MR) is 94.8 cm³/mol. The van der Waals surface area contributed by atoms with Crippen molar-refractivity contribution in [1.82, 2.24) is 19.6 Å². The van der Waals surface area contributed by atoms with Gasteiger partial charge in [-0.1, -0.05) is 0 Å². The van der Waals surface area contributed by atoms with Crippen LogP contribution in [0.25, 0.3) is 0 Å². The van der Waals surface area contributed by atoms with Gasteiger partial charge in [-0.2, -0.15) is 16.4 Å². The largest absolute Gasteiger partial charge is 0.335 e. The molecule has 4 rings (SSSR count). The molecule has 0 saturated carbocycles. The first-order valence-electron chi connectivity index (χ1n) is 8.76. The molecule has 2 aliphatic rings. The van der Waals surface area contributed by atoms with Gasteiger partial charge < -0.3 is 4.90 Å². The standard InChI is InChI=1S/C18H24N4OS/c1-20-11-15(10-19-20)16-4-2-7-21(16)12-18(23)22-8-3-5-17(22)14-6-9-24-13-14/h6,9-11,13,16-17H,2-5,7-8,12H2,1H3/t16-,17+/m1/s1. The van der Waals surface area contributed by atoms with Crippen LogP contribution in [0.2, 0.25) is 0 Å². The molecule has 1 amide bonds. The minimum atomic E-state index is 0.277. The number of carbonyl (C=O) groups excluding carboxylic acids is 1. The zero-order chi connectivity index (χ0) is 16.5. The molecule has 2 aliphatic heterocycles. The molecule has 6 heteroatoms. The fourth-order valence-corrected chi connectivity index (χ4v) is 4.85. The molecule has 2 aromatic heterocycles. The molecule has 0 aliphatic carbocycles. The molecule has 0 radical (unpaired) electrons. The Morgan fingerprint density at radius 3 is 2.83 bits per heavy atom. The second-order valence-electron chi connectivity index (χ2n) is 6.88. The van der Waals surface area contributed by atoms with Crippen molar-refractivity contribution in [2.45, 2.75) is 37.8 Å². The summed E-state index contributed by atoms with van der Waals surface area (Å²) in [6, 6.07) is 2.78. The highest BCUT2D eigenvalue weighted by molar-refractivity contribution is 7.07. The molecule has 0 aromatic carbocycles. The van der Waals surface area contributed by atoms with E-state index < -0.39 is 0 Å². The van der Waals surface area contributed by atoms with Crippen molar-refractivity contribution in [1.29, 1.82) is 0 Å². The van der Waals surface area contributed by atoms with Crippen LogP contribution in [0.15, 0.2) is 29.2 Å². The van der Waals surface area contributed by atoms with Gasteiger partial charge in [0.05, 0.1) is 18.8 Å². The minimum absolute atomic E-state index is 0.277. The zero-order valence-corrected chi connectivity index (χ0v) is 14.9. The molecule has 24 heavy (non-hydrogen) atoms. The topological polar surface area (TPSA) is 41.4 Å². The first kappa shape index (κ1) is 15.8. The lowest BCUT2D eigenvalue weighted by Crippen LogP contribution is -2.39. The summed E-state index contributed by atoms with van der Waals surface area (Å²) in [5.74, 6) is 0.277. The fourth-order valence-electron chi connectivity index (χ4n) is 4.15. The van der Waals surface area contributed by atoms with Crippen LogP contribution >= 0.6 is 11.3 Å². The maximum Gasteiger partial charge on any atom is 0.237 e. The van der Waals surface area contributed by atoms with Crippen molar-refractivity contribution < 1.29 is 4.79 Å². The number of hydrogen-bond donors (Lipinski definition) is 0. The van der Waals surface area contributed by atoms with Crippen molar-refractivity contribution in [2.24, 2.45) is 7.05 Å². The summed E-state index contributed by atoms with van der Waals surface area (Å²) in [4.78, 5) is 17.4. The SMILES string of the molecule is Cn1cc([C@H]2CCCN2CC(=O)N2CCC[C@H]2c2ccsc2)cn1. The van der Waals surface area contributed by atoms with Crippen molar-refractivity contribution in [2.75, 3.05) is 19.6 Å². The van der Waals surface area contributed by atoms with E-state index in [9.17, 15) is 4.79 Å². The van der Waals surface area contributed by atoms with E-state index in [1.54, 1.807) is 11.3 Å². The number of hydrogen-bond acceptors (Lipinski definition) is 4. The van der Waals surface area contributed by atoms with Crippen LogP contribution in [0.1, 0.15) is 48.9 Å². The molecular weight excluding hydrogens is 320 g/mol. The summed E-state index contributed by atoms with van der Waals surface area (Å²) in [7, 11) is 1.95. The molecule has 2 saturated heterocycles. The quantitative estimate of drug-likeness (QED) is 0.856. The predicted octanol–water partition coefficient (Wildman–Crippen LogP) is 2.98. The van der Waals surface area contributed by atoms with Crippen LogP contribution in [-0.4, -0.2) is 45.1 Å². The van der Waals surface area contributed by atoms with Gasteiger partial charge in [-0.3, -0.25) is 14.4 Å². The smallest absolute Gasteiger partial charge is 0.237 e. The number of aromatic nitrogens is 2. The maximum atomic E-state index is 13.0. The lowest BCUT2D eigenvalue weighted by atomic mass is 10.1. The number of rotatable bonds is 4. The number of likely N-dealkylation sites (tertiary alicyclic amines) is 2. The first-order chi connectivity index (χ1) is 11.7. The molecule has 2 atom stereocenters. The van der Waals surface area contributed by atoms with Gasteiger partial charge in [0.25, 0.3) is 0 Å². The molecule has 0 unspecified atom stereocenters. The second kappa shape index (κ2) is 6.69. The van der Waals surface area contributed by atoms with Crippen molar-refractivity contribution in [3.8, 4) is 0 Å². The highest BCUT2D eigenvalue weighted by Gasteiger charge is 2.34. The minimum Gasteiger partial charge on any atom is -0.335 e. The Balaban J connectivity index is 1.45. The molecule has 0 spiro atoms. The lowest BCUT2D eigenvalue weighted by Gasteiger charge is -2.29. The van der Waals surface area contributed by atoms with E-state index in [0.717, 1.165) is 38.8 Å². The van der Waals surface area contributed by atoms with Crippen LogP contribution in [0.3, 0.4) is 0 Å². The van der Waals surface area contributed by atoms with Gasteiger partial charge in [-0.25, -0.2) is 0 Å². The maximum absolute atomic E-state index is 13.0.